The molecule has 12 aromatic rings. The molecule has 4 heteroatoms. The highest BCUT2D eigenvalue weighted by Crippen LogP contribution is 2.50. The Labute approximate surface area is 352 Å². The van der Waals surface area contributed by atoms with E-state index in [1.807, 2.05) is 0 Å². The third-order valence-corrected chi connectivity index (χ3v) is 13.3. The van der Waals surface area contributed by atoms with E-state index in [4.69, 9.17) is 9.97 Å². The molecule has 0 amide bonds. The minimum Gasteiger partial charge on any atom is -0.309 e. The van der Waals surface area contributed by atoms with Crippen LogP contribution in [-0.2, 0) is 5.41 Å². The van der Waals surface area contributed by atoms with Crippen molar-refractivity contribution in [2.24, 2.45) is 0 Å². The molecule has 0 fully saturated rings. The smallest absolute Gasteiger partial charge is 0.235 e. The van der Waals surface area contributed by atoms with Gasteiger partial charge >= 0.3 is 0 Å². The SMILES string of the molecule is CC1(C)c2ccccc2-c2ccc(-c3nc(-n4c5cc(-c6ccc7c(c6)c6ccccc6n7-c6ccccc6)ccc5c5cc6ccccc6cc54)nc4ccccc34)cc21. The minimum atomic E-state index is -0.128. The molecule has 9 aromatic carbocycles. The minimum absolute atomic E-state index is 0.128. The Morgan fingerprint density at radius 3 is 1.89 bits per heavy atom. The summed E-state index contributed by atoms with van der Waals surface area (Å²) >= 11 is 0. The summed E-state index contributed by atoms with van der Waals surface area (Å²) < 4.78 is 4.67. The number of hydrogen-bond acceptors (Lipinski definition) is 2. The summed E-state index contributed by atoms with van der Waals surface area (Å²) in [6, 6.07) is 70.6. The largest absolute Gasteiger partial charge is 0.309 e. The summed E-state index contributed by atoms with van der Waals surface area (Å²) in [5, 5.41) is 8.24. The zero-order chi connectivity index (χ0) is 40.4. The summed E-state index contributed by atoms with van der Waals surface area (Å²) in [5.74, 6) is 0.658. The number of benzene rings is 9. The molecule has 0 unspecified atom stereocenters. The fourth-order valence-electron chi connectivity index (χ4n) is 10.3. The molecule has 0 aliphatic heterocycles. The van der Waals surface area contributed by atoms with Crippen LogP contribution in [0.5, 0.6) is 0 Å². The highest BCUT2D eigenvalue weighted by atomic mass is 15.2. The lowest BCUT2D eigenvalue weighted by Gasteiger charge is -2.22. The molecule has 4 nitrogen and oxygen atoms in total. The molecule has 1 aliphatic carbocycles. The van der Waals surface area contributed by atoms with Gasteiger partial charge in [-0.25, -0.2) is 9.97 Å². The zero-order valence-corrected chi connectivity index (χ0v) is 33.8. The van der Waals surface area contributed by atoms with Crippen LogP contribution < -0.4 is 0 Å². The van der Waals surface area contributed by atoms with Crippen molar-refractivity contribution in [2.75, 3.05) is 0 Å². The van der Waals surface area contributed by atoms with Gasteiger partial charge in [0.05, 0.1) is 33.3 Å². The molecule has 286 valence electrons. The van der Waals surface area contributed by atoms with Crippen molar-refractivity contribution in [3.8, 4) is 45.1 Å². The lowest BCUT2D eigenvalue weighted by molar-refractivity contribution is 0.660. The van der Waals surface area contributed by atoms with Crippen molar-refractivity contribution in [3.05, 3.63) is 205 Å². The van der Waals surface area contributed by atoms with Crippen molar-refractivity contribution >= 4 is 65.3 Å². The highest BCUT2D eigenvalue weighted by molar-refractivity contribution is 6.15. The molecule has 61 heavy (non-hydrogen) atoms. The maximum Gasteiger partial charge on any atom is 0.235 e. The molecule has 0 saturated carbocycles. The van der Waals surface area contributed by atoms with E-state index in [2.05, 4.69) is 217 Å². The van der Waals surface area contributed by atoms with Gasteiger partial charge in [0, 0.05) is 43.6 Å². The first-order valence-electron chi connectivity index (χ1n) is 21.1. The molecule has 0 atom stereocenters. The van der Waals surface area contributed by atoms with Gasteiger partial charge in [0.1, 0.15) is 0 Å². The van der Waals surface area contributed by atoms with Gasteiger partial charge in [-0.3, -0.25) is 4.57 Å². The molecular weight excluding hydrogens is 741 g/mol. The fourth-order valence-corrected chi connectivity index (χ4v) is 10.3. The Kier molecular flexibility index (Phi) is 7.04. The molecule has 0 N–H and O–H groups in total. The van der Waals surface area contributed by atoms with Crippen molar-refractivity contribution < 1.29 is 0 Å². The van der Waals surface area contributed by atoms with Crippen LogP contribution >= 0.6 is 0 Å². The van der Waals surface area contributed by atoms with E-state index >= 15 is 0 Å². The van der Waals surface area contributed by atoms with Crippen molar-refractivity contribution in [1.82, 2.24) is 19.1 Å². The van der Waals surface area contributed by atoms with E-state index in [0.717, 1.165) is 50.0 Å². The van der Waals surface area contributed by atoms with Gasteiger partial charge in [-0.05, 0) is 105 Å². The van der Waals surface area contributed by atoms with Crippen LogP contribution in [0.1, 0.15) is 25.0 Å². The second-order valence-corrected chi connectivity index (χ2v) is 17.0. The molecule has 3 heterocycles. The first-order chi connectivity index (χ1) is 30.0. The summed E-state index contributed by atoms with van der Waals surface area (Å²) in [4.78, 5) is 11.0. The second-order valence-electron chi connectivity index (χ2n) is 17.0. The Hall–Kier alpha value is -7.82. The van der Waals surface area contributed by atoms with Gasteiger partial charge in [-0.2, -0.15) is 0 Å². The third kappa shape index (κ3) is 4.93. The Balaban J connectivity index is 1.05. The molecule has 0 spiro atoms. The van der Waals surface area contributed by atoms with Crippen LogP contribution in [0, 0.1) is 0 Å². The van der Waals surface area contributed by atoms with E-state index in [-0.39, 0.29) is 5.41 Å². The number of nitrogens with zero attached hydrogens (tertiary/aromatic N) is 4. The average molecular weight is 779 g/mol. The van der Waals surface area contributed by atoms with Gasteiger partial charge in [0.15, 0.2) is 0 Å². The topological polar surface area (TPSA) is 35.6 Å². The third-order valence-electron chi connectivity index (χ3n) is 13.3. The standard InChI is InChI=1S/C57H38N4/c1-57(2)48-21-11-8-18-41(48)42-27-25-39(32-49(42)57)55-45-20-9-12-22-50(45)58-56(59-55)61-53-34-38(24-28-44(53)47-30-35-14-6-7-15-36(35)33-54(47)61)37-26-29-52-46(31-37)43-19-10-13-23-51(43)60(52)40-16-4-3-5-17-40/h3-34H,1-2H3. The molecule has 0 radical (unpaired) electrons. The maximum atomic E-state index is 5.57. The highest BCUT2D eigenvalue weighted by Gasteiger charge is 2.35. The van der Waals surface area contributed by atoms with Crippen LogP contribution in [0.3, 0.4) is 0 Å². The summed E-state index contributed by atoms with van der Waals surface area (Å²) in [6.45, 7) is 4.67. The van der Waals surface area contributed by atoms with E-state index in [0.29, 0.717) is 5.95 Å². The normalized spacial score (nSPS) is 13.2. The zero-order valence-electron chi connectivity index (χ0n) is 33.8. The molecule has 1 aliphatic rings. The van der Waals surface area contributed by atoms with Gasteiger partial charge in [0.25, 0.3) is 0 Å². The van der Waals surface area contributed by atoms with E-state index in [9.17, 15) is 0 Å². The predicted molar refractivity (Wildman–Crippen MR) is 254 cm³/mol. The summed E-state index contributed by atoms with van der Waals surface area (Å²) in [6.07, 6.45) is 0. The van der Waals surface area contributed by atoms with E-state index in [1.165, 1.54) is 65.6 Å². The number of hydrogen-bond donors (Lipinski definition) is 0. The first kappa shape index (κ1) is 34.1. The van der Waals surface area contributed by atoms with E-state index < -0.39 is 0 Å². The first-order valence-corrected chi connectivity index (χ1v) is 21.1. The molecule has 0 bridgehead atoms. The monoisotopic (exact) mass is 778 g/mol. The lowest BCUT2D eigenvalue weighted by atomic mass is 9.82. The molecule has 13 rings (SSSR count). The summed E-state index contributed by atoms with van der Waals surface area (Å²) in [7, 11) is 0. The lowest BCUT2D eigenvalue weighted by Crippen LogP contribution is -2.15. The van der Waals surface area contributed by atoms with Gasteiger partial charge < -0.3 is 4.57 Å². The summed E-state index contributed by atoms with van der Waals surface area (Å²) in [5.41, 5.74) is 16.1. The number of para-hydroxylation sites is 3. The second kappa shape index (κ2) is 12.6. The number of rotatable bonds is 4. The average Bonchev–Trinajstić information content (AvgIpc) is 3.89. The molecular formula is C57H38N4. The molecule has 0 saturated heterocycles. The quantitative estimate of drug-likeness (QED) is 0.178. The molecule has 3 aromatic heterocycles. The van der Waals surface area contributed by atoms with Crippen LogP contribution in [-0.4, -0.2) is 19.1 Å². The van der Waals surface area contributed by atoms with Gasteiger partial charge in [-0.1, -0.05) is 147 Å². The van der Waals surface area contributed by atoms with Crippen LogP contribution in [0.25, 0.3) is 110 Å². The van der Waals surface area contributed by atoms with E-state index in [1.54, 1.807) is 0 Å². The predicted octanol–water partition coefficient (Wildman–Crippen LogP) is 14.6. The van der Waals surface area contributed by atoms with Gasteiger partial charge in [-0.15, -0.1) is 0 Å². The Morgan fingerprint density at radius 1 is 0.377 bits per heavy atom. The van der Waals surface area contributed by atoms with Crippen molar-refractivity contribution in [2.45, 2.75) is 19.3 Å². The number of aromatic nitrogens is 4. The van der Waals surface area contributed by atoms with Crippen molar-refractivity contribution in [3.63, 3.8) is 0 Å². The fraction of sp³-hybridized carbons (Fsp3) is 0.0526. The van der Waals surface area contributed by atoms with Crippen molar-refractivity contribution in [1.29, 1.82) is 0 Å². The van der Waals surface area contributed by atoms with Crippen LogP contribution in [0.4, 0.5) is 0 Å². The Morgan fingerprint density at radius 2 is 1.00 bits per heavy atom. The van der Waals surface area contributed by atoms with Gasteiger partial charge in [0.2, 0.25) is 5.95 Å². The number of fused-ring (bicyclic) bond motifs is 11. The van der Waals surface area contributed by atoms with Crippen LogP contribution in [0.2, 0.25) is 0 Å². The van der Waals surface area contributed by atoms with Crippen LogP contribution in [0.15, 0.2) is 194 Å². The Bertz CT molecular complexity index is 3790. The maximum absolute atomic E-state index is 5.57.